The van der Waals surface area contributed by atoms with Crippen molar-refractivity contribution in [3.63, 3.8) is 0 Å². The molecule has 0 unspecified atom stereocenters. The quantitative estimate of drug-likeness (QED) is 0.525. The van der Waals surface area contributed by atoms with E-state index in [1.54, 1.807) is 19.1 Å². The van der Waals surface area contributed by atoms with Crippen molar-refractivity contribution in [3.8, 4) is 11.5 Å². The zero-order chi connectivity index (χ0) is 19.0. The Bertz CT molecular complexity index is 1160. The molecular weight excluding hydrogens is 343 g/mol. The number of aryl methyl sites for hydroxylation is 2. The van der Waals surface area contributed by atoms with Crippen LogP contribution in [0.5, 0.6) is 0 Å². The van der Waals surface area contributed by atoms with Crippen molar-refractivity contribution in [2.75, 3.05) is 5.32 Å². The largest absolute Gasteiger partial charge is 0.460 e. The smallest absolute Gasteiger partial charge is 0.256 e. The van der Waals surface area contributed by atoms with Crippen molar-refractivity contribution in [1.29, 1.82) is 0 Å². The first-order chi connectivity index (χ1) is 13.0. The van der Waals surface area contributed by atoms with E-state index in [1.165, 1.54) is 12.1 Å². The molecule has 4 nitrogen and oxygen atoms in total. The van der Waals surface area contributed by atoms with Crippen molar-refractivity contribution >= 4 is 22.5 Å². The fraction of sp³-hybridized carbons (Fsp3) is 0.0909. The standard InChI is InChI=1S/C22H17FN2O2/c1-13-11-15(23)8-9-18(13)25-22(26)17-12-20(21-10-7-14(2)27-21)24-19-6-4-3-5-16(17)19/h3-12H,1-2H3,(H,25,26). The first-order valence-electron chi connectivity index (χ1n) is 8.55. The number of fused-ring (bicyclic) bond motifs is 1. The number of hydrogen-bond donors (Lipinski definition) is 1. The summed E-state index contributed by atoms with van der Waals surface area (Å²) in [5.41, 5.74) is 2.99. The van der Waals surface area contributed by atoms with Crippen LogP contribution in [-0.2, 0) is 0 Å². The summed E-state index contributed by atoms with van der Waals surface area (Å²) < 4.78 is 19.0. The van der Waals surface area contributed by atoms with Gasteiger partial charge in [-0.05, 0) is 61.9 Å². The average Bonchev–Trinajstić information content (AvgIpc) is 3.09. The third-order valence-electron chi connectivity index (χ3n) is 4.39. The molecule has 0 saturated heterocycles. The molecule has 0 fully saturated rings. The molecule has 0 aliphatic rings. The predicted octanol–water partition coefficient (Wildman–Crippen LogP) is 5.50. The second-order valence-electron chi connectivity index (χ2n) is 6.40. The number of pyridine rings is 1. The molecule has 0 saturated carbocycles. The highest BCUT2D eigenvalue weighted by Gasteiger charge is 2.16. The van der Waals surface area contributed by atoms with Gasteiger partial charge in [0.25, 0.3) is 5.91 Å². The lowest BCUT2D eigenvalue weighted by molar-refractivity contribution is 0.102. The molecule has 1 N–H and O–H groups in total. The average molecular weight is 360 g/mol. The molecular formula is C22H17FN2O2. The minimum absolute atomic E-state index is 0.284. The number of carbonyl (C=O) groups is 1. The van der Waals surface area contributed by atoms with E-state index in [0.29, 0.717) is 33.8 Å². The van der Waals surface area contributed by atoms with Gasteiger partial charge in [-0.1, -0.05) is 18.2 Å². The van der Waals surface area contributed by atoms with Gasteiger partial charge in [0.1, 0.15) is 17.3 Å². The molecule has 5 heteroatoms. The number of hydrogen-bond acceptors (Lipinski definition) is 3. The number of nitrogens with one attached hydrogen (secondary N) is 1. The number of amides is 1. The lowest BCUT2D eigenvalue weighted by Gasteiger charge is -2.11. The third kappa shape index (κ3) is 3.31. The van der Waals surface area contributed by atoms with E-state index >= 15 is 0 Å². The van der Waals surface area contributed by atoms with Gasteiger partial charge in [-0.15, -0.1) is 0 Å². The zero-order valence-corrected chi connectivity index (χ0v) is 14.9. The molecule has 0 aliphatic heterocycles. The number of furan rings is 1. The molecule has 0 atom stereocenters. The SMILES string of the molecule is Cc1ccc(-c2cc(C(=O)Nc3ccc(F)cc3C)c3ccccc3n2)o1. The highest BCUT2D eigenvalue weighted by molar-refractivity contribution is 6.13. The molecule has 0 spiro atoms. The molecule has 4 rings (SSSR count). The van der Waals surface area contributed by atoms with Crippen LogP contribution in [0.15, 0.2) is 65.1 Å². The summed E-state index contributed by atoms with van der Waals surface area (Å²) in [4.78, 5) is 17.6. The first-order valence-corrected chi connectivity index (χ1v) is 8.55. The van der Waals surface area contributed by atoms with Crippen LogP contribution >= 0.6 is 0 Å². The van der Waals surface area contributed by atoms with E-state index in [-0.39, 0.29) is 11.7 Å². The maximum absolute atomic E-state index is 13.3. The molecule has 134 valence electrons. The highest BCUT2D eigenvalue weighted by Crippen LogP contribution is 2.27. The summed E-state index contributed by atoms with van der Waals surface area (Å²) >= 11 is 0. The van der Waals surface area contributed by atoms with Gasteiger partial charge < -0.3 is 9.73 Å². The Balaban J connectivity index is 1.80. The molecule has 2 heterocycles. The second-order valence-corrected chi connectivity index (χ2v) is 6.40. The van der Waals surface area contributed by atoms with Crippen molar-refractivity contribution in [3.05, 3.63) is 83.4 Å². The van der Waals surface area contributed by atoms with Crippen LogP contribution in [0.2, 0.25) is 0 Å². The molecule has 2 aromatic carbocycles. The molecule has 0 bridgehead atoms. The Labute approximate surface area is 155 Å². The van der Waals surface area contributed by atoms with Crippen LogP contribution in [0.4, 0.5) is 10.1 Å². The number of carbonyl (C=O) groups excluding carboxylic acids is 1. The fourth-order valence-corrected chi connectivity index (χ4v) is 3.02. The normalized spacial score (nSPS) is 10.9. The van der Waals surface area contributed by atoms with Gasteiger partial charge in [-0.2, -0.15) is 0 Å². The van der Waals surface area contributed by atoms with Crippen LogP contribution in [0, 0.1) is 19.7 Å². The lowest BCUT2D eigenvalue weighted by atomic mass is 10.1. The number of benzene rings is 2. The van der Waals surface area contributed by atoms with Crippen LogP contribution in [0.1, 0.15) is 21.7 Å². The Morgan fingerprint density at radius 1 is 1.04 bits per heavy atom. The predicted molar refractivity (Wildman–Crippen MR) is 103 cm³/mol. The molecule has 2 aromatic heterocycles. The Morgan fingerprint density at radius 2 is 1.85 bits per heavy atom. The number of halogens is 1. The molecule has 4 aromatic rings. The lowest BCUT2D eigenvalue weighted by Crippen LogP contribution is -2.14. The number of para-hydroxylation sites is 1. The maximum Gasteiger partial charge on any atom is 0.256 e. The molecule has 27 heavy (non-hydrogen) atoms. The van der Waals surface area contributed by atoms with Gasteiger partial charge in [0.15, 0.2) is 5.76 Å². The second kappa shape index (κ2) is 6.68. The molecule has 1 amide bonds. The zero-order valence-electron chi connectivity index (χ0n) is 14.9. The van der Waals surface area contributed by atoms with Crippen LogP contribution in [0.25, 0.3) is 22.4 Å². The Kier molecular flexibility index (Phi) is 4.20. The van der Waals surface area contributed by atoms with E-state index in [0.717, 1.165) is 11.1 Å². The molecule has 0 radical (unpaired) electrons. The van der Waals surface area contributed by atoms with E-state index in [9.17, 15) is 9.18 Å². The van der Waals surface area contributed by atoms with E-state index < -0.39 is 0 Å². The summed E-state index contributed by atoms with van der Waals surface area (Å²) in [6.45, 7) is 3.61. The van der Waals surface area contributed by atoms with Gasteiger partial charge in [-0.3, -0.25) is 4.79 Å². The monoisotopic (exact) mass is 360 g/mol. The van der Waals surface area contributed by atoms with Crippen molar-refractivity contribution in [1.82, 2.24) is 4.98 Å². The highest BCUT2D eigenvalue weighted by atomic mass is 19.1. The van der Waals surface area contributed by atoms with Gasteiger partial charge in [0, 0.05) is 11.1 Å². The fourth-order valence-electron chi connectivity index (χ4n) is 3.02. The number of rotatable bonds is 3. The van der Waals surface area contributed by atoms with Gasteiger partial charge in [-0.25, -0.2) is 9.37 Å². The van der Waals surface area contributed by atoms with Crippen molar-refractivity contribution in [2.45, 2.75) is 13.8 Å². The van der Waals surface area contributed by atoms with Gasteiger partial charge >= 0.3 is 0 Å². The van der Waals surface area contributed by atoms with Crippen molar-refractivity contribution < 1.29 is 13.6 Å². The Hall–Kier alpha value is -3.47. The minimum atomic E-state index is -0.338. The topological polar surface area (TPSA) is 55.1 Å². The Morgan fingerprint density at radius 3 is 2.59 bits per heavy atom. The first kappa shape index (κ1) is 17.0. The minimum Gasteiger partial charge on any atom is -0.460 e. The number of nitrogens with zero attached hydrogens (tertiary/aromatic N) is 1. The third-order valence-corrected chi connectivity index (χ3v) is 4.39. The van der Waals surface area contributed by atoms with Crippen LogP contribution in [-0.4, -0.2) is 10.9 Å². The molecule has 0 aliphatic carbocycles. The van der Waals surface area contributed by atoms with Crippen LogP contribution < -0.4 is 5.32 Å². The van der Waals surface area contributed by atoms with E-state index in [4.69, 9.17) is 4.42 Å². The summed E-state index contributed by atoms with van der Waals surface area (Å²) in [7, 11) is 0. The van der Waals surface area contributed by atoms with E-state index in [2.05, 4.69) is 10.3 Å². The summed E-state index contributed by atoms with van der Waals surface area (Å²) in [6.07, 6.45) is 0. The van der Waals surface area contributed by atoms with E-state index in [1.807, 2.05) is 43.3 Å². The van der Waals surface area contributed by atoms with Crippen molar-refractivity contribution in [2.24, 2.45) is 0 Å². The summed E-state index contributed by atoms with van der Waals surface area (Å²) in [6, 6.07) is 17.1. The van der Waals surface area contributed by atoms with Crippen LogP contribution in [0.3, 0.4) is 0 Å². The summed E-state index contributed by atoms with van der Waals surface area (Å²) in [5, 5.41) is 3.60. The maximum atomic E-state index is 13.3. The van der Waals surface area contributed by atoms with Gasteiger partial charge in [0.2, 0.25) is 0 Å². The summed E-state index contributed by atoms with van der Waals surface area (Å²) in [5.74, 6) is 0.751. The number of anilines is 1. The van der Waals surface area contributed by atoms with Gasteiger partial charge in [0.05, 0.1) is 11.1 Å². The number of aromatic nitrogens is 1.